The van der Waals surface area contributed by atoms with Crippen molar-refractivity contribution in [1.29, 1.82) is 0 Å². The molecule has 1 aromatic carbocycles. The zero-order chi connectivity index (χ0) is 33.1. The molecule has 252 valence electrons. The van der Waals surface area contributed by atoms with Gasteiger partial charge in [-0.2, -0.15) is 0 Å². The van der Waals surface area contributed by atoms with Crippen LogP contribution in [0.2, 0.25) is 0 Å². The van der Waals surface area contributed by atoms with Gasteiger partial charge in [0.25, 0.3) is 5.91 Å². The summed E-state index contributed by atoms with van der Waals surface area (Å²) >= 11 is 0. The molecule has 0 radical (unpaired) electrons. The Morgan fingerprint density at radius 1 is 0.980 bits per heavy atom. The summed E-state index contributed by atoms with van der Waals surface area (Å²) in [6, 6.07) is 11.3. The van der Waals surface area contributed by atoms with Gasteiger partial charge in [-0.05, 0) is 73.2 Å². The smallest absolute Gasteiger partial charge is 0.274 e. The maximum Gasteiger partial charge on any atom is 0.274 e. The van der Waals surface area contributed by atoms with Crippen LogP contribution in [0, 0.1) is 5.82 Å². The Labute approximate surface area is 283 Å². The summed E-state index contributed by atoms with van der Waals surface area (Å²) in [5.41, 5.74) is 7.67. The number of halogens is 1. The molecule has 3 aliphatic heterocycles. The van der Waals surface area contributed by atoms with E-state index in [1.165, 1.54) is 23.4 Å². The number of amides is 1. The molecule has 1 aliphatic carbocycles. The van der Waals surface area contributed by atoms with E-state index in [1.807, 2.05) is 41.2 Å². The van der Waals surface area contributed by atoms with Gasteiger partial charge in [0.1, 0.15) is 17.3 Å². The highest BCUT2D eigenvalue weighted by atomic mass is 19.1. The summed E-state index contributed by atoms with van der Waals surface area (Å²) in [6.45, 7) is 6.28. The van der Waals surface area contributed by atoms with Crippen LogP contribution in [-0.4, -0.2) is 86.8 Å². The number of aromatic nitrogens is 4. The van der Waals surface area contributed by atoms with Crippen molar-refractivity contribution in [3.8, 4) is 11.1 Å². The number of carbonyl (C=O) groups excluding carboxylic acids is 1. The van der Waals surface area contributed by atoms with E-state index in [2.05, 4.69) is 30.7 Å². The predicted molar refractivity (Wildman–Crippen MR) is 185 cm³/mol. The molecule has 0 saturated carbocycles. The molecule has 12 heteroatoms. The van der Waals surface area contributed by atoms with Gasteiger partial charge in [0, 0.05) is 74.7 Å². The van der Waals surface area contributed by atoms with Gasteiger partial charge in [-0.1, -0.05) is 0 Å². The van der Waals surface area contributed by atoms with Gasteiger partial charge in [-0.3, -0.25) is 9.69 Å². The Hall–Kier alpha value is -4.78. The number of aryl methyl sites for hydroxylation is 1. The first-order valence-corrected chi connectivity index (χ1v) is 17.3. The van der Waals surface area contributed by atoms with Crippen LogP contribution in [0.1, 0.15) is 40.2 Å². The number of aliphatic hydroxyl groups is 1. The van der Waals surface area contributed by atoms with Crippen LogP contribution in [0.15, 0.2) is 61.2 Å². The first kappa shape index (κ1) is 30.3. The topological polar surface area (TPSA) is 103 Å². The molecule has 0 unspecified atom stereocenters. The molecule has 7 heterocycles. The standard InChI is InChI=1S/C37H39FN8O3/c38-26-17-29(30(21-47)33(18-26)46-14-13-45-32-4-2-1-3-24(32)16-34(45)37(46)48)25-15-31(36-39-7-8-44(36)20-25)41-35-6-5-27(19-40-35)42-9-11-43(12-10-42)28-22-49-23-28/h5-8,15-20,28,47H,1-4,9-14,21-23H2,(H,40,41). The summed E-state index contributed by atoms with van der Waals surface area (Å²) in [4.78, 5) is 29.7. The van der Waals surface area contributed by atoms with E-state index in [9.17, 15) is 9.90 Å². The lowest BCUT2D eigenvalue weighted by atomic mass is 9.97. The van der Waals surface area contributed by atoms with Crippen molar-refractivity contribution in [2.75, 3.05) is 61.1 Å². The largest absolute Gasteiger partial charge is 0.392 e. The number of nitrogens with zero attached hydrogens (tertiary/aromatic N) is 7. The molecule has 1 amide bonds. The number of hydrogen-bond donors (Lipinski definition) is 2. The van der Waals surface area contributed by atoms with Crippen molar-refractivity contribution in [2.45, 2.75) is 44.9 Å². The number of hydrogen-bond acceptors (Lipinski definition) is 8. The van der Waals surface area contributed by atoms with Crippen molar-refractivity contribution in [3.05, 3.63) is 89.5 Å². The number of fused-ring (bicyclic) bond motifs is 4. The third kappa shape index (κ3) is 5.34. The normalized spacial score (nSPS) is 18.4. The lowest BCUT2D eigenvalue weighted by Gasteiger charge is -2.43. The van der Waals surface area contributed by atoms with E-state index in [4.69, 9.17) is 9.72 Å². The second-order valence-corrected chi connectivity index (χ2v) is 13.5. The Bertz CT molecular complexity index is 2040. The molecular formula is C37H39FN8O3. The van der Waals surface area contributed by atoms with Crippen molar-refractivity contribution < 1.29 is 19.0 Å². The molecule has 0 spiro atoms. The van der Waals surface area contributed by atoms with Gasteiger partial charge in [-0.25, -0.2) is 14.4 Å². The second kappa shape index (κ2) is 12.3. The number of imidazole rings is 1. The zero-order valence-corrected chi connectivity index (χ0v) is 27.3. The number of pyridine rings is 2. The molecular weight excluding hydrogens is 623 g/mol. The van der Waals surface area contributed by atoms with E-state index in [1.54, 1.807) is 11.1 Å². The summed E-state index contributed by atoms with van der Waals surface area (Å²) in [6.07, 6.45) is 11.5. The molecule has 0 atom stereocenters. The van der Waals surface area contributed by atoms with Crippen molar-refractivity contribution in [1.82, 2.24) is 23.8 Å². The monoisotopic (exact) mass is 662 g/mol. The van der Waals surface area contributed by atoms with Crippen LogP contribution in [0.4, 0.5) is 27.3 Å². The maximum absolute atomic E-state index is 15.5. The number of anilines is 4. The van der Waals surface area contributed by atoms with E-state index >= 15 is 4.39 Å². The number of rotatable bonds is 7. The number of ether oxygens (including phenoxy) is 1. The van der Waals surface area contributed by atoms with Gasteiger partial charge < -0.3 is 33.9 Å². The minimum atomic E-state index is -0.477. The Kier molecular flexibility index (Phi) is 7.59. The van der Waals surface area contributed by atoms with Gasteiger partial charge >= 0.3 is 0 Å². The summed E-state index contributed by atoms with van der Waals surface area (Å²) < 4.78 is 24.9. The van der Waals surface area contributed by atoms with Gasteiger partial charge in [0.15, 0.2) is 5.65 Å². The first-order valence-electron chi connectivity index (χ1n) is 17.3. The third-order valence-corrected chi connectivity index (χ3v) is 10.7. The van der Waals surface area contributed by atoms with Crippen LogP contribution < -0.4 is 15.1 Å². The average molecular weight is 663 g/mol. The molecule has 4 aromatic heterocycles. The molecule has 2 saturated heterocycles. The Morgan fingerprint density at radius 2 is 1.84 bits per heavy atom. The fourth-order valence-corrected chi connectivity index (χ4v) is 7.99. The SMILES string of the molecule is O=C1c2cc3c(n2CCN1c1cc(F)cc(-c2cc(Nc4ccc(N5CCN(C6COC6)CC5)cn4)c4nccn4c2)c1CO)CCCC3. The molecule has 49 heavy (non-hydrogen) atoms. The lowest BCUT2D eigenvalue weighted by molar-refractivity contribution is -0.0660. The van der Waals surface area contributed by atoms with E-state index in [0.717, 1.165) is 70.8 Å². The highest BCUT2D eigenvalue weighted by Gasteiger charge is 2.32. The molecule has 5 aromatic rings. The molecule has 2 fully saturated rings. The van der Waals surface area contributed by atoms with Crippen LogP contribution in [0.25, 0.3) is 16.8 Å². The van der Waals surface area contributed by atoms with Crippen molar-refractivity contribution in [3.63, 3.8) is 0 Å². The van der Waals surface area contributed by atoms with Crippen LogP contribution in [0.3, 0.4) is 0 Å². The fraction of sp³-hybridized carbons (Fsp3) is 0.378. The van der Waals surface area contributed by atoms with Crippen LogP contribution in [0.5, 0.6) is 0 Å². The number of aliphatic hydroxyl groups excluding tert-OH is 1. The quantitative estimate of drug-likeness (QED) is 0.260. The fourth-order valence-electron chi connectivity index (χ4n) is 7.99. The number of benzene rings is 1. The average Bonchev–Trinajstić information content (AvgIpc) is 3.74. The minimum absolute atomic E-state index is 0.163. The number of piperazine rings is 1. The molecule has 2 N–H and O–H groups in total. The molecule has 9 rings (SSSR count). The Morgan fingerprint density at radius 3 is 2.61 bits per heavy atom. The summed E-state index contributed by atoms with van der Waals surface area (Å²) in [5, 5.41) is 14.2. The first-order chi connectivity index (χ1) is 24.0. The Balaban J connectivity index is 1.01. The van der Waals surface area contributed by atoms with Crippen LogP contribution >= 0.6 is 0 Å². The van der Waals surface area contributed by atoms with Gasteiger partial charge in [0.2, 0.25) is 0 Å². The van der Waals surface area contributed by atoms with E-state index in [-0.39, 0.29) is 12.5 Å². The molecule has 0 bridgehead atoms. The number of carbonyl (C=O) groups is 1. The van der Waals surface area contributed by atoms with Gasteiger partial charge in [-0.15, -0.1) is 0 Å². The molecule has 11 nitrogen and oxygen atoms in total. The number of nitrogens with one attached hydrogen (secondary N) is 1. The predicted octanol–water partition coefficient (Wildman–Crippen LogP) is 4.63. The van der Waals surface area contributed by atoms with Gasteiger partial charge in [0.05, 0.1) is 49.1 Å². The zero-order valence-electron chi connectivity index (χ0n) is 27.3. The van der Waals surface area contributed by atoms with Crippen molar-refractivity contribution in [2.24, 2.45) is 0 Å². The third-order valence-electron chi connectivity index (χ3n) is 10.7. The van der Waals surface area contributed by atoms with E-state index in [0.29, 0.717) is 64.4 Å². The highest BCUT2D eigenvalue weighted by Crippen LogP contribution is 2.38. The highest BCUT2D eigenvalue weighted by molar-refractivity contribution is 6.07. The minimum Gasteiger partial charge on any atom is -0.392 e. The second-order valence-electron chi connectivity index (χ2n) is 13.5. The van der Waals surface area contributed by atoms with E-state index < -0.39 is 5.82 Å². The van der Waals surface area contributed by atoms with Crippen molar-refractivity contribution >= 4 is 34.4 Å². The maximum atomic E-state index is 15.5. The summed E-state index contributed by atoms with van der Waals surface area (Å²) in [7, 11) is 0. The summed E-state index contributed by atoms with van der Waals surface area (Å²) in [5.74, 6) is 0.0151. The lowest BCUT2D eigenvalue weighted by Crippen LogP contribution is -2.56. The van der Waals surface area contributed by atoms with Crippen LogP contribution in [-0.2, 0) is 30.7 Å². The molecule has 4 aliphatic rings.